The van der Waals surface area contributed by atoms with Gasteiger partial charge in [0, 0.05) is 5.57 Å². The van der Waals surface area contributed by atoms with Crippen LogP contribution >= 0.6 is 0 Å². The van der Waals surface area contributed by atoms with Gasteiger partial charge in [0.15, 0.2) is 0 Å². The lowest BCUT2D eigenvalue weighted by atomic mass is 10.00. The van der Waals surface area contributed by atoms with E-state index >= 15 is 0 Å². The lowest BCUT2D eigenvalue weighted by Gasteiger charge is -2.06. The third-order valence-corrected chi connectivity index (χ3v) is 2.38. The van der Waals surface area contributed by atoms with Crippen LogP contribution < -0.4 is 0 Å². The molecular weight excluding hydrogens is 188 g/mol. The number of allylic oxidation sites excluding steroid dienone is 3. The summed E-state index contributed by atoms with van der Waals surface area (Å²) in [4.78, 5) is 10.5. The molecule has 0 radical (unpaired) electrons. The molecule has 0 aliphatic carbocycles. The van der Waals surface area contributed by atoms with Crippen LogP contribution in [0.2, 0.25) is 0 Å². The quantitative estimate of drug-likeness (QED) is 0.535. The van der Waals surface area contributed by atoms with Crippen LogP contribution in [0.3, 0.4) is 0 Å². The molecule has 0 aromatic carbocycles. The molecule has 0 bridgehead atoms. The first-order chi connectivity index (χ1) is 6.93. The van der Waals surface area contributed by atoms with Crippen molar-refractivity contribution in [1.82, 2.24) is 0 Å². The first-order valence-electron chi connectivity index (χ1n) is 5.47. The fourth-order valence-electron chi connectivity index (χ4n) is 1.24. The highest BCUT2D eigenvalue weighted by Gasteiger charge is 2.02. The standard InChI is InChI=1S/C13H22O2/c1-10(2)6-5-7-11(3)8-9-12(4)13(14)15/h6,9,11H,5,7-8H2,1-4H3,(H,14,15)/t11-/m1/s1. The Bertz CT molecular complexity index is 258. The van der Waals surface area contributed by atoms with Crippen molar-refractivity contribution in [3.63, 3.8) is 0 Å². The average Bonchev–Trinajstić information content (AvgIpc) is 2.13. The summed E-state index contributed by atoms with van der Waals surface area (Å²) in [5.41, 5.74) is 1.79. The number of carboxylic acids is 1. The molecule has 0 saturated heterocycles. The maximum atomic E-state index is 10.5. The number of hydrogen-bond acceptors (Lipinski definition) is 1. The third-order valence-electron chi connectivity index (χ3n) is 2.38. The summed E-state index contributed by atoms with van der Waals surface area (Å²) >= 11 is 0. The van der Waals surface area contributed by atoms with Crippen LogP contribution in [-0.2, 0) is 4.79 Å². The van der Waals surface area contributed by atoms with Crippen molar-refractivity contribution in [2.24, 2.45) is 5.92 Å². The molecule has 86 valence electrons. The molecule has 0 heterocycles. The predicted octanol–water partition coefficient (Wildman–Crippen LogP) is 3.79. The van der Waals surface area contributed by atoms with E-state index in [1.54, 1.807) is 6.92 Å². The van der Waals surface area contributed by atoms with E-state index in [0.29, 0.717) is 11.5 Å². The van der Waals surface area contributed by atoms with E-state index in [2.05, 4.69) is 26.8 Å². The highest BCUT2D eigenvalue weighted by Crippen LogP contribution is 2.13. The summed E-state index contributed by atoms with van der Waals surface area (Å²) in [6.07, 6.45) is 7.10. The largest absolute Gasteiger partial charge is 0.478 e. The van der Waals surface area contributed by atoms with Crippen molar-refractivity contribution in [2.75, 3.05) is 0 Å². The van der Waals surface area contributed by atoms with Crippen molar-refractivity contribution < 1.29 is 9.90 Å². The molecule has 0 unspecified atom stereocenters. The zero-order chi connectivity index (χ0) is 11.8. The molecule has 0 amide bonds. The predicted molar refractivity (Wildman–Crippen MR) is 63.8 cm³/mol. The molecule has 0 fully saturated rings. The molecule has 0 aromatic rings. The van der Waals surface area contributed by atoms with E-state index in [4.69, 9.17) is 5.11 Å². The van der Waals surface area contributed by atoms with Crippen molar-refractivity contribution in [3.8, 4) is 0 Å². The van der Waals surface area contributed by atoms with Gasteiger partial charge in [-0.1, -0.05) is 24.6 Å². The summed E-state index contributed by atoms with van der Waals surface area (Å²) in [7, 11) is 0. The number of aliphatic carboxylic acids is 1. The molecule has 15 heavy (non-hydrogen) atoms. The second-order valence-electron chi connectivity index (χ2n) is 4.39. The van der Waals surface area contributed by atoms with Gasteiger partial charge >= 0.3 is 5.97 Å². The van der Waals surface area contributed by atoms with Crippen LogP contribution in [0.4, 0.5) is 0 Å². The van der Waals surface area contributed by atoms with E-state index in [9.17, 15) is 4.79 Å². The van der Waals surface area contributed by atoms with Crippen LogP contribution in [0, 0.1) is 5.92 Å². The van der Waals surface area contributed by atoms with Gasteiger partial charge in [-0.2, -0.15) is 0 Å². The zero-order valence-electron chi connectivity index (χ0n) is 10.2. The number of hydrogen-bond donors (Lipinski definition) is 1. The van der Waals surface area contributed by atoms with Crippen LogP contribution in [0.1, 0.15) is 47.0 Å². The first kappa shape index (κ1) is 13.9. The highest BCUT2D eigenvalue weighted by molar-refractivity contribution is 5.85. The van der Waals surface area contributed by atoms with Crippen LogP contribution in [0.15, 0.2) is 23.3 Å². The van der Waals surface area contributed by atoms with E-state index < -0.39 is 5.97 Å². The summed E-state index contributed by atoms with van der Waals surface area (Å²) < 4.78 is 0. The lowest BCUT2D eigenvalue weighted by molar-refractivity contribution is -0.132. The smallest absolute Gasteiger partial charge is 0.330 e. The summed E-state index contributed by atoms with van der Waals surface area (Å²) in [5, 5.41) is 8.67. The molecule has 0 spiro atoms. The van der Waals surface area contributed by atoms with Crippen LogP contribution in [0.25, 0.3) is 0 Å². The molecular formula is C13H22O2. The minimum absolute atomic E-state index is 0.448. The Morgan fingerprint density at radius 3 is 2.33 bits per heavy atom. The summed E-state index contributed by atoms with van der Waals surface area (Å²) in [6.45, 7) is 7.99. The Kier molecular flexibility index (Phi) is 6.76. The molecule has 0 aromatic heterocycles. The van der Waals surface area contributed by atoms with Gasteiger partial charge in [-0.3, -0.25) is 0 Å². The third kappa shape index (κ3) is 7.98. The Morgan fingerprint density at radius 2 is 1.87 bits per heavy atom. The van der Waals surface area contributed by atoms with Gasteiger partial charge in [0.2, 0.25) is 0 Å². The Balaban J connectivity index is 3.85. The molecule has 1 N–H and O–H groups in total. The number of carbonyl (C=O) groups is 1. The van der Waals surface area contributed by atoms with Crippen molar-refractivity contribution >= 4 is 5.97 Å². The van der Waals surface area contributed by atoms with Gasteiger partial charge in [0.25, 0.3) is 0 Å². The van der Waals surface area contributed by atoms with Gasteiger partial charge in [-0.15, -0.1) is 0 Å². The van der Waals surface area contributed by atoms with Crippen molar-refractivity contribution in [1.29, 1.82) is 0 Å². The minimum atomic E-state index is -0.813. The molecule has 0 rings (SSSR count). The molecule has 0 aliphatic heterocycles. The van der Waals surface area contributed by atoms with Gasteiger partial charge < -0.3 is 5.11 Å². The lowest BCUT2D eigenvalue weighted by Crippen LogP contribution is -1.98. The monoisotopic (exact) mass is 210 g/mol. The van der Waals surface area contributed by atoms with Gasteiger partial charge in [-0.05, 0) is 46.0 Å². The Labute approximate surface area is 92.7 Å². The molecule has 1 atom stereocenters. The molecule has 2 heteroatoms. The van der Waals surface area contributed by atoms with Gasteiger partial charge in [0.05, 0.1) is 0 Å². The Morgan fingerprint density at radius 1 is 1.27 bits per heavy atom. The second-order valence-corrected chi connectivity index (χ2v) is 4.39. The maximum absolute atomic E-state index is 10.5. The van der Waals surface area contributed by atoms with Gasteiger partial charge in [-0.25, -0.2) is 4.79 Å². The minimum Gasteiger partial charge on any atom is -0.478 e. The summed E-state index contributed by atoms with van der Waals surface area (Å²) in [5.74, 6) is -0.263. The highest BCUT2D eigenvalue weighted by atomic mass is 16.4. The van der Waals surface area contributed by atoms with E-state index in [1.807, 2.05) is 6.08 Å². The van der Waals surface area contributed by atoms with E-state index in [1.165, 1.54) is 5.57 Å². The second kappa shape index (κ2) is 7.27. The maximum Gasteiger partial charge on any atom is 0.330 e. The van der Waals surface area contributed by atoms with Crippen LogP contribution in [-0.4, -0.2) is 11.1 Å². The topological polar surface area (TPSA) is 37.3 Å². The molecule has 2 nitrogen and oxygen atoms in total. The fraction of sp³-hybridized carbons (Fsp3) is 0.615. The Hall–Kier alpha value is -1.05. The first-order valence-corrected chi connectivity index (χ1v) is 5.47. The number of carboxylic acid groups (broad SMARTS) is 1. The van der Waals surface area contributed by atoms with Gasteiger partial charge in [0.1, 0.15) is 0 Å². The van der Waals surface area contributed by atoms with E-state index in [0.717, 1.165) is 19.3 Å². The molecule has 0 saturated carbocycles. The van der Waals surface area contributed by atoms with E-state index in [-0.39, 0.29) is 0 Å². The van der Waals surface area contributed by atoms with Crippen molar-refractivity contribution in [2.45, 2.75) is 47.0 Å². The van der Waals surface area contributed by atoms with Crippen molar-refractivity contribution in [3.05, 3.63) is 23.3 Å². The molecule has 0 aliphatic rings. The number of rotatable bonds is 6. The SMILES string of the molecule is CC(C)=CCC[C@@H](C)CC=C(C)C(=O)O. The zero-order valence-corrected chi connectivity index (χ0v) is 10.2. The summed E-state index contributed by atoms with van der Waals surface area (Å²) in [6, 6.07) is 0. The normalized spacial score (nSPS) is 13.5. The van der Waals surface area contributed by atoms with Crippen LogP contribution in [0.5, 0.6) is 0 Å². The average molecular weight is 210 g/mol. The fourth-order valence-corrected chi connectivity index (χ4v) is 1.24.